The van der Waals surface area contributed by atoms with Crippen LogP contribution in [-0.2, 0) is 13.1 Å². The van der Waals surface area contributed by atoms with E-state index in [0.29, 0.717) is 12.6 Å². The highest BCUT2D eigenvalue weighted by Gasteiger charge is 2.26. The van der Waals surface area contributed by atoms with Crippen LogP contribution in [0.3, 0.4) is 0 Å². The van der Waals surface area contributed by atoms with Crippen molar-refractivity contribution in [2.75, 3.05) is 32.8 Å². The Morgan fingerprint density at radius 2 is 2.00 bits per heavy atom. The summed E-state index contributed by atoms with van der Waals surface area (Å²) < 4.78 is 5.52. The molecule has 5 heteroatoms. The van der Waals surface area contributed by atoms with Crippen LogP contribution in [0.4, 0.5) is 0 Å². The van der Waals surface area contributed by atoms with E-state index in [1.807, 2.05) is 18.3 Å². The van der Waals surface area contributed by atoms with E-state index in [2.05, 4.69) is 51.6 Å². The molecule has 1 aliphatic heterocycles. The molecule has 0 saturated carbocycles. The fourth-order valence-corrected chi connectivity index (χ4v) is 4.18. The minimum absolute atomic E-state index is 0.252. The molecule has 4 nitrogen and oxygen atoms in total. The van der Waals surface area contributed by atoms with Crippen LogP contribution in [0.1, 0.15) is 23.8 Å². The quantitative estimate of drug-likeness (QED) is 0.784. The molecule has 3 rings (SSSR count). The molecule has 1 atom stereocenters. The van der Waals surface area contributed by atoms with E-state index in [0.717, 1.165) is 44.9 Å². The molecule has 25 heavy (non-hydrogen) atoms. The van der Waals surface area contributed by atoms with Gasteiger partial charge in [-0.3, -0.25) is 9.80 Å². The molecule has 136 valence electrons. The van der Waals surface area contributed by atoms with Gasteiger partial charge in [0, 0.05) is 50.2 Å². The van der Waals surface area contributed by atoms with E-state index >= 15 is 0 Å². The molecule has 1 aromatic heterocycles. The van der Waals surface area contributed by atoms with Crippen molar-refractivity contribution in [1.82, 2.24) is 9.80 Å². The van der Waals surface area contributed by atoms with Crippen LogP contribution in [0.15, 0.2) is 41.8 Å². The highest BCUT2D eigenvalue weighted by Crippen LogP contribution is 2.21. The summed E-state index contributed by atoms with van der Waals surface area (Å²) in [5, 5.41) is 11.6. The smallest absolute Gasteiger partial charge is 0.119 e. The van der Waals surface area contributed by atoms with Crippen LogP contribution in [0.5, 0.6) is 5.75 Å². The molecule has 0 unspecified atom stereocenters. The lowest BCUT2D eigenvalue weighted by Gasteiger charge is -2.41. The van der Waals surface area contributed by atoms with Gasteiger partial charge < -0.3 is 9.84 Å². The topological polar surface area (TPSA) is 35.9 Å². The Balaban J connectivity index is 1.57. The summed E-state index contributed by atoms with van der Waals surface area (Å²) >= 11 is 1.82. The van der Waals surface area contributed by atoms with Gasteiger partial charge in [-0.25, -0.2) is 0 Å². The van der Waals surface area contributed by atoms with Crippen LogP contribution in [0.25, 0.3) is 0 Å². The van der Waals surface area contributed by atoms with Gasteiger partial charge in [-0.15, -0.1) is 11.3 Å². The normalized spacial score (nSPS) is 19.2. The van der Waals surface area contributed by atoms with Crippen molar-refractivity contribution in [3.8, 4) is 5.75 Å². The minimum Gasteiger partial charge on any atom is -0.494 e. The summed E-state index contributed by atoms with van der Waals surface area (Å²) in [7, 11) is 0. The van der Waals surface area contributed by atoms with Gasteiger partial charge in [0.1, 0.15) is 5.75 Å². The van der Waals surface area contributed by atoms with E-state index < -0.39 is 0 Å². The molecule has 0 bridgehead atoms. The average molecular weight is 361 g/mol. The van der Waals surface area contributed by atoms with Crippen molar-refractivity contribution in [1.29, 1.82) is 0 Å². The number of aliphatic hydroxyl groups is 1. The summed E-state index contributed by atoms with van der Waals surface area (Å²) in [5.41, 5.74) is 1.32. The number of aliphatic hydroxyl groups excluding tert-OH is 1. The largest absolute Gasteiger partial charge is 0.494 e. The van der Waals surface area contributed by atoms with Crippen molar-refractivity contribution >= 4 is 11.3 Å². The molecule has 0 radical (unpaired) electrons. The monoisotopic (exact) mass is 360 g/mol. The lowest BCUT2D eigenvalue weighted by Crippen LogP contribution is -2.52. The number of ether oxygens (including phenoxy) is 1. The molecule has 1 N–H and O–H groups in total. The van der Waals surface area contributed by atoms with E-state index in [1.165, 1.54) is 10.4 Å². The van der Waals surface area contributed by atoms with Gasteiger partial charge >= 0.3 is 0 Å². The number of piperazine rings is 1. The Morgan fingerprint density at radius 1 is 1.16 bits per heavy atom. The maximum absolute atomic E-state index is 9.46. The number of thiophene rings is 1. The molecule has 1 fully saturated rings. The number of hydrogen-bond donors (Lipinski definition) is 1. The fraction of sp³-hybridized carbons (Fsp3) is 0.500. The summed E-state index contributed by atoms with van der Waals surface area (Å²) in [5.74, 6) is 0.935. The van der Waals surface area contributed by atoms with Gasteiger partial charge in [0.05, 0.1) is 6.61 Å². The second kappa shape index (κ2) is 9.34. The molecule has 2 heterocycles. The lowest BCUT2D eigenvalue weighted by molar-refractivity contribution is 0.0506. The zero-order valence-corrected chi connectivity index (χ0v) is 15.8. The van der Waals surface area contributed by atoms with E-state index in [1.54, 1.807) is 0 Å². The zero-order valence-electron chi connectivity index (χ0n) is 14.9. The first-order chi connectivity index (χ1) is 12.3. The Labute approximate surface area is 154 Å². The zero-order chi connectivity index (χ0) is 17.5. The van der Waals surface area contributed by atoms with Crippen molar-refractivity contribution < 1.29 is 9.84 Å². The first-order valence-electron chi connectivity index (χ1n) is 9.10. The van der Waals surface area contributed by atoms with Gasteiger partial charge in [-0.2, -0.15) is 0 Å². The molecule has 0 aliphatic carbocycles. The molecule has 0 amide bonds. The fourth-order valence-electron chi connectivity index (χ4n) is 3.45. The third kappa shape index (κ3) is 5.28. The van der Waals surface area contributed by atoms with Gasteiger partial charge in [-0.1, -0.05) is 18.2 Å². The van der Waals surface area contributed by atoms with E-state index in [9.17, 15) is 5.11 Å². The third-order valence-electron chi connectivity index (χ3n) is 4.73. The summed E-state index contributed by atoms with van der Waals surface area (Å²) in [6.07, 6.45) is 0.838. The number of benzene rings is 1. The molecule has 0 spiro atoms. The Bertz CT molecular complexity index is 615. The Kier molecular flexibility index (Phi) is 6.87. The SMILES string of the molecule is CCOc1ccc(CN2CCN(Cc3cccs3)[C@H](CCO)C2)cc1. The van der Waals surface area contributed by atoms with Gasteiger partial charge in [0.2, 0.25) is 0 Å². The highest BCUT2D eigenvalue weighted by atomic mass is 32.1. The molecule has 1 saturated heterocycles. The number of rotatable bonds is 8. The van der Waals surface area contributed by atoms with Crippen LogP contribution in [0, 0.1) is 0 Å². The summed E-state index contributed by atoms with van der Waals surface area (Å²) in [4.78, 5) is 6.43. The number of hydrogen-bond acceptors (Lipinski definition) is 5. The van der Waals surface area contributed by atoms with Crippen LogP contribution in [-0.4, -0.2) is 53.8 Å². The van der Waals surface area contributed by atoms with Crippen molar-refractivity contribution in [3.63, 3.8) is 0 Å². The summed E-state index contributed by atoms with van der Waals surface area (Å²) in [6, 6.07) is 13.2. The lowest BCUT2D eigenvalue weighted by atomic mass is 10.1. The molecular formula is C20H28N2O2S. The third-order valence-corrected chi connectivity index (χ3v) is 5.59. The van der Waals surface area contributed by atoms with Gasteiger partial charge in [0.25, 0.3) is 0 Å². The Hall–Kier alpha value is -1.40. The van der Waals surface area contributed by atoms with Crippen LogP contribution < -0.4 is 4.74 Å². The van der Waals surface area contributed by atoms with Crippen LogP contribution in [0.2, 0.25) is 0 Å². The predicted molar refractivity (Wildman–Crippen MR) is 103 cm³/mol. The van der Waals surface area contributed by atoms with E-state index in [-0.39, 0.29) is 6.61 Å². The van der Waals surface area contributed by atoms with Crippen molar-refractivity contribution in [2.45, 2.75) is 32.5 Å². The molecular weight excluding hydrogens is 332 g/mol. The van der Waals surface area contributed by atoms with Crippen LogP contribution >= 0.6 is 11.3 Å². The van der Waals surface area contributed by atoms with Crippen molar-refractivity contribution in [3.05, 3.63) is 52.2 Å². The van der Waals surface area contributed by atoms with Crippen molar-refractivity contribution in [2.24, 2.45) is 0 Å². The average Bonchev–Trinajstić information content (AvgIpc) is 3.13. The Morgan fingerprint density at radius 3 is 2.68 bits per heavy atom. The van der Waals surface area contributed by atoms with Gasteiger partial charge in [0.15, 0.2) is 0 Å². The predicted octanol–water partition coefficient (Wildman–Crippen LogP) is 3.22. The maximum Gasteiger partial charge on any atom is 0.119 e. The molecule has 1 aromatic carbocycles. The first kappa shape index (κ1) is 18.4. The molecule has 2 aromatic rings. The second-order valence-electron chi connectivity index (χ2n) is 6.53. The standard InChI is InChI=1S/C20H28N2O2S/c1-2-24-19-7-5-17(6-8-19)14-21-10-11-22(18(15-21)9-12-23)16-20-4-3-13-25-20/h3-8,13,18,23H,2,9-12,14-16H2,1H3/t18-/m1/s1. The van der Waals surface area contributed by atoms with E-state index in [4.69, 9.17) is 4.74 Å². The van der Waals surface area contributed by atoms with Gasteiger partial charge in [-0.05, 0) is 42.5 Å². The highest BCUT2D eigenvalue weighted by molar-refractivity contribution is 7.09. The number of nitrogens with zero attached hydrogens (tertiary/aromatic N) is 2. The maximum atomic E-state index is 9.46. The first-order valence-corrected chi connectivity index (χ1v) is 9.98. The molecule has 1 aliphatic rings. The second-order valence-corrected chi connectivity index (χ2v) is 7.56. The minimum atomic E-state index is 0.252. The summed E-state index contributed by atoms with van der Waals surface area (Å²) in [6.45, 7) is 8.06.